The van der Waals surface area contributed by atoms with E-state index in [0.717, 1.165) is 55.3 Å². The van der Waals surface area contributed by atoms with Gasteiger partial charge in [-0.25, -0.2) is 14.6 Å². The molecule has 0 spiro atoms. The van der Waals surface area contributed by atoms with Crippen molar-refractivity contribution >= 4 is 22.9 Å². The largest absolute Gasteiger partial charge is 0.352 e. The summed E-state index contributed by atoms with van der Waals surface area (Å²) in [5.41, 5.74) is 3.83. The van der Waals surface area contributed by atoms with E-state index in [4.69, 9.17) is 0 Å². The molecule has 0 atom stereocenters. The fourth-order valence-electron chi connectivity index (χ4n) is 3.51. The Hall–Kier alpha value is -3.07. The number of rotatable bonds is 6. The maximum Gasteiger partial charge on any atom is 0.234 e. The summed E-state index contributed by atoms with van der Waals surface area (Å²) in [6, 6.07) is 8.21. The Balaban J connectivity index is 1.30. The van der Waals surface area contributed by atoms with Gasteiger partial charge < -0.3 is 10.2 Å². The van der Waals surface area contributed by atoms with Gasteiger partial charge in [-0.2, -0.15) is 0 Å². The minimum Gasteiger partial charge on any atom is -0.352 e. The van der Waals surface area contributed by atoms with E-state index in [2.05, 4.69) is 54.5 Å². The smallest absolute Gasteiger partial charge is 0.234 e. The molecule has 3 heterocycles. The molecule has 1 aliphatic rings. The first-order valence-electron chi connectivity index (χ1n) is 9.98. The number of fused-ring (bicyclic) bond motifs is 1. The van der Waals surface area contributed by atoms with Crippen molar-refractivity contribution in [2.45, 2.75) is 26.9 Å². The SMILES string of the molecule is CCn1nnc2c(N3CCN(CC(=O)NCc4ccc(C)cc4)CC3)ncnc21. The van der Waals surface area contributed by atoms with Crippen LogP contribution in [0.5, 0.6) is 0 Å². The van der Waals surface area contributed by atoms with Gasteiger partial charge in [0.15, 0.2) is 17.0 Å². The highest BCUT2D eigenvalue weighted by Crippen LogP contribution is 2.21. The molecule has 9 heteroatoms. The predicted molar refractivity (Wildman–Crippen MR) is 110 cm³/mol. The second kappa shape index (κ2) is 8.52. The Bertz CT molecular complexity index is 976. The Morgan fingerprint density at radius 3 is 2.59 bits per heavy atom. The van der Waals surface area contributed by atoms with E-state index in [1.807, 2.05) is 19.1 Å². The highest BCUT2D eigenvalue weighted by atomic mass is 16.2. The minimum atomic E-state index is 0.0503. The second-order valence-electron chi connectivity index (χ2n) is 7.30. The first-order chi connectivity index (χ1) is 14.1. The number of carbonyl (C=O) groups is 1. The van der Waals surface area contributed by atoms with Gasteiger partial charge in [0.25, 0.3) is 0 Å². The third-order valence-corrected chi connectivity index (χ3v) is 5.23. The normalized spacial score (nSPS) is 15.0. The number of nitrogens with zero attached hydrogens (tertiary/aromatic N) is 7. The van der Waals surface area contributed by atoms with Crippen LogP contribution in [0.3, 0.4) is 0 Å². The van der Waals surface area contributed by atoms with Crippen LogP contribution in [0.2, 0.25) is 0 Å². The van der Waals surface area contributed by atoms with E-state index in [9.17, 15) is 4.79 Å². The molecular formula is C20H26N8O. The molecule has 0 saturated carbocycles. The van der Waals surface area contributed by atoms with Crippen LogP contribution in [0, 0.1) is 6.92 Å². The zero-order valence-corrected chi connectivity index (χ0v) is 16.9. The minimum absolute atomic E-state index is 0.0503. The van der Waals surface area contributed by atoms with Crippen LogP contribution in [0.25, 0.3) is 11.2 Å². The molecule has 3 aromatic rings. The van der Waals surface area contributed by atoms with Crippen molar-refractivity contribution in [3.63, 3.8) is 0 Å². The van der Waals surface area contributed by atoms with E-state index in [1.165, 1.54) is 5.56 Å². The molecule has 152 valence electrons. The molecule has 9 nitrogen and oxygen atoms in total. The molecule has 0 radical (unpaired) electrons. The lowest BCUT2D eigenvalue weighted by Crippen LogP contribution is -2.49. The van der Waals surface area contributed by atoms with E-state index >= 15 is 0 Å². The third-order valence-electron chi connectivity index (χ3n) is 5.23. The van der Waals surface area contributed by atoms with Crippen LogP contribution in [0.4, 0.5) is 5.82 Å². The highest BCUT2D eigenvalue weighted by Gasteiger charge is 2.23. The van der Waals surface area contributed by atoms with Crippen LogP contribution < -0.4 is 10.2 Å². The summed E-state index contributed by atoms with van der Waals surface area (Å²) in [5, 5.41) is 11.4. The van der Waals surface area contributed by atoms with Crippen LogP contribution in [0.1, 0.15) is 18.1 Å². The summed E-state index contributed by atoms with van der Waals surface area (Å²) >= 11 is 0. The lowest BCUT2D eigenvalue weighted by molar-refractivity contribution is -0.122. The van der Waals surface area contributed by atoms with Crippen LogP contribution in [0.15, 0.2) is 30.6 Å². The quantitative estimate of drug-likeness (QED) is 0.666. The summed E-state index contributed by atoms with van der Waals surface area (Å²) in [4.78, 5) is 25.4. The van der Waals surface area contributed by atoms with Gasteiger partial charge in [0.2, 0.25) is 5.91 Å². The topological polar surface area (TPSA) is 92.1 Å². The van der Waals surface area contributed by atoms with E-state index in [-0.39, 0.29) is 5.91 Å². The molecule has 0 bridgehead atoms. The van der Waals surface area contributed by atoms with Crippen molar-refractivity contribution in [2.24, 2.45) is 0 Å². The fraction of sp³-hybridized carbons (Fsp3) is 0.450. The molecule has 2 aromatic heterocycles. The second-order valence-corrected chi connectivity index (χ2v) is 7.30. The molecule has 29 heavy (non-hydrogen) atoms. The molecule has 4 rings (SSSR count). The lowest BCUT2D eigenvalue weighted by Gasteiger charge is -2.34. The van der Waals surface area contributed by atoms with Crippen LogP contribution in [-0.2, 0) is 17.9 Å². The third kappa shape index (κ3) is 4.34. The van der Waals surface area contributed by atoms with E-state index in [0.29, 0.717) is 13.1 Å². The monoisotopic (exact) mass is 394 g/mol. The molecular weight excluding hydrogens is 368 g/mol. The maximum absolute atomic E-state index is 12.3. The van der Waals surface area contributed by atoms with Crippen molar-refractivity contribution in [3.05, 3.63) is 41.7 Å². The summed E-state index contributed by atoms with van der Waals surface area (Å²) < 4.78 is 1.77. The number of benzene rings is 1. The Labute approximate surface area is 169 Å². The van der Waals surface area contributed by atoms with Gasteiger partial charge in [-0.1, -0.05) is 35.0 Å². The summed E-state index contributed by atoms with van der Waals surface area (Å²) in [6.07, 6.45) is 1.57. The van der Waals surface area contributed by atoms with Crippen molar-refractivity contribution in [3.8, 4) is 0 Å². The molecule has 1 amide bonds. The maximum atomic E-state index is 12.3. The predicted octanol–water partition coefficient (Wildman–Crippen LogP) is 0.988. The molecule has 1 saturated heterocycles. The Morgan fingerprint density at radius 1 is 1.10 bits per heavy atom. The zero-order valence-electron chi connectivity index (χ0n) is 16.9. The van der Waals surface area contributed by atoms with E-state index < -0.39 is 0 Å². The number of nitrogens with one attached hydrogen (secondary N) is 1. The van der Waals surface area contributed by atoms with Crippen LogP contribution in [-0.4, -0.2) is 68.5 Å². The molecule has 1 fully saturated rings. The van der Waals surface area contributed by atoms with Crippen molar-refractivity contribution < 1.29 is 4.79 Å². The van der Waals surface area contributed by atoms with Gasteiger partial charge in [0.05, 0.1) is 6.54 Å². The van der Waals surface area contributed by atoms with Crippen molar-refractivity contribution in [1.82, 2.24) is 35.2 Å². The number of amides is 1. The molecule has 1 N–H and O–H groups in total. The Kier molecular flexibility index (Phi) is 5.66. The zero-order chi connectivity index (χ0) is 20.2. The number of hydrogen-bond donors (Lipinski definition) is 1. The van der Waals surface area contributed by atoms with Gasteiger partial charge in [0.1, 0.15) is 6.33 Å². The average Bonchev–Trinajstić information content (AvgIpc) is 3.17. The average molecular weight is 394 g/mol. The number of aromatic nitrogens is 5. The standard InChI is InChI=1S/C20H26N8O/c1-3-28-20-18(24-25-28)19(22-14-23-20)27-10-8-26(9-11-27)13-17(29)21-12-16-6-4-15(2)5-7-16/h4-7,14H,3,8-13H2,1-2H3,(H,21,29). The summed E-state index contributed by atoms with van der Waals surface area (Å²) in [5.74, 6) is 0.868. The molecule has 1 aromatic carbocycles. The van der Waals surface area contributed by atoms with Gasteiger partial charge in [0, 0.05) is 39.3 Å². The summed E-state index contributed by atoms with van der Waals surface area (Å²) in [7, 11) is 0. The summed E-state index contributed by atoms with van der Waals surface area (Å²) in [6.45, 7) is 8.93. The molecule has 1 aliphatic heterocycles. The van der Waals surface area contributed by atoms with Gasteiger partial charge >= 0.3 is 0 Å². The van der Waals surface area contributed by atoms with Crippen LogP contribution >= 0.6 is 0 Å². The van der Waals surface area contributed by atoms with Gasteiger partial charge in [-0.05, 0) is 19.4 Å². The first-order valence-corrected chi connectivity index (χ1v) is 9.98. The number of hydrogen-bond acceptors (Lipinski definition) is 7. The Morgan fingerprint density at radius 2 is 1.86 bits per heavy atom. The number of anilines is 1. The molecule has 0 unspecified atom stereocenters. The number of aryl methyl sites for hydroxylation is 2. The van der Waals surface area contributed by atoms with Crippen molar-refractivity contribution in [2.75, 3.05) is 37.6 Å². The van der Waals surface area contributed by atoms with Gasteiger partial charge in [-0.15, -0.1) is 5.10 Å². The highest BCUT2D eigenvalue weighted by molar-refractivity contribution is 5.82. The van der Waals surface area contributed by atoms with Gasteiger partial charge in [-0.3, -0.25) is 9.69 Å². The van der Waals surface area contributed by atoms with E-state index in [1.54, 1.807) is 11.0 Å². The first kappa shape index (κ1) is 19.3. The number of piperazine rings is 1. The lowest BCUT2D eigenvalue weighted by atomic mass is 10.1. The fourth-order valence-corrected chi connectivity index (χ4v) is 3.51. The molecule has 0 aliphatic carbocycles. The number of carbonyl (C=O) groups excluding carboxylic acids is 1. The van der Waals surface area contributed by atoms with Crippen molar-refractivity contribution in [1.29, 1.82) is 0 Å².